The molecule has 0 unspecified atom stereocenters. The lowest BCUT2D eigenvalue weighted by molar-refractivity contribution is 0.316. The van der Waals surface area contributed by atoms with Crippen molar-refractivity contribution in [1.82, 2.24) is 9.78 Å². The molecule has 1 aromatic carbocycles. The SMILES string of the molecule is CCOc1ccc(OCCc2cc(N)n(C)n2)cc1. The van der Waals surface area contributed by atoms with Gasteiger partial charge in [-0.05, 0) is 31.2 Å². The Labute approximate surface area is 112 Å². The van der Waals surface area contributed by atoms with Crippen molar-refractivity contribution in [2.45, 2.75) is 13.3 Å². The number of hydrogen-bond donors (Lipinski definition) is 1. The van der Waals surface area contributed by atoms with Crippen molar-refractivity contribution in [3.63, 3.8) is 0 Å². The number of ether oxygens (including phenoxy) is 2. The molecule has 0 aliphatic carbocycles. The minimum absolute atomic E-state index is 0.574. The first-order valence-electron chi connectivity index (χ1n) is 6.33. The normalized spacial score (nSPS) is 10.4. The second-order valence-electron chi connectivity index (χ2n) is 4.19. The Morgan fingerprint density at radius 3 is 2.32 bits per heavy atom. The Hall–Kier alpha value is -2.17. The summed E-state index contributed by atoms with van der Waals surface area (Å²) in [5.41, 5.74) is 6.65. The molecule has 1 heterocycles. The Balaban J connectivity index is 1.82. The van der Waals surface area contributed by atoms with Crippen LogP contribution in [-0.4, -0.2) is 23.0 Å². The van der Waals surface area contributed by atoms with Crippen LogP contribution in [0.25, 0.3) is 0 Å². The average molecular weight is 261 g/mol. The average Bonchev–Trinajstić information content (AvgIpc) is 2.71. The van der Waals surface area contributed by atoms with Crippen LogP contribution in [0.3, 0.4) is 0 Å². The lowest BCUT2D eigenvalue weighted by atomic mass is 10.3. The molecule has 5 nitrogen and oxygen atoms in total. The molecule has 0 aliphatic heterocycles. The Morgan fingerprint density at radius 2 is 1.79 bits per heavy atom. The maximum Gasteiger partial charge on any atom is 0.121 e. The van der Waals surface area contributed by atoms with Gasteiger partial charge in [0, 0.05) is 19.5 Å². The minimum Gasteiger partial charge on any atom is -0.494 e. The fraction of sp³-hybridized carbons (Fsp3) is 0.357. The van der Waals surface area contributed by atoms with Gasteiger partial charge in [-0.15, -0.1) is 0 Å². The van der Waals surface area contributed by atoms with E-state index in [0.717, 1.165) is 23.6 Å². The smallest absolute Gasteiger partial charge is 0.121 e. The Kier molecular flexibility index (Phi) is 4.28. The van der Waals surface area contributed by atoms with Crippen molar-refractivity contribution in [2.75, 3.05) is 18.9 Å². The summed E-state index contributed by atoms with van der Waals surface area (Å²) >= 11 is 0. The third kappa shape index (κ3) is 3.64. The first-order valence-corrected chi connectivity index (χ1v) is 6.33. The first-order chi connectivity index (χ1) is 9.19. The maximum atomic E-state index is 5.71. The van der Waals surface area contributed by atoms with Crippen LogP contribution in [0.1, 0.15) is 12.6 Å². The van der Waals surface area contributed by atoms with Crippen LogP contribution in [-0.2, 0) is 13.5 Å². The highest BCUT2D eigenvalue weighted by molar-refractivity contribution is 5.32. The molecule has 0 saturated heterocycles. The summed E-state index contributed by atoms with van der Waals surface area (Å²) in [5, 5.41) is 4.27. The maximum absolute atomic E-state index is 5.71. The Morgan fingerprint density at radius 1 is 1.16 bits per heavy atom. The van der Waals surface area contributed by atoms with Gasteiger partial charge in [0.2, 0.25) is 0 Å². The third-order valence-electron chi connectivity index (χ3n) is 2.73. The van der Waals surface area contributed by atoms with Crippen LogP contribution in [0.5, 0.6) is 11.5 Å². The second-order valence-corrected chi connectivity index (χ2v) is 4.19. The van der Waals surface area contributed by atoms with Gasteiger partial charge in [-0.2, -0.15) is 5.10 Å². The molecule has 0 aliphatic rings. The summed E-state index contributed by atoms with van der Waals surface area (Å²) in [5.74, 6) is 2.34. The lowest BCUT2D eigenvalue weighted by Gasteiger charge is -2.06. The van der Waals surface area contributed by atoms with E-state index in [1.54, 1.807) is 4.68 Å². The summed E-state index contributed by atoms with van der Waals surface area (Å²) in [6, 6.07) is 9.46. The van der Waals surface area contributed by atoms with Crippen molar-refractivity contribution >= 4 is 5.82 Å². The number of aromatic nitrogens is 2. The van der Waals surface area contributed by atoms with E-state index in [1.165, 1.54) is 0 Å². The molecule has 0 atom stereocenters. The highest BCUT2D eigenvalue weighted by Gasteiger charge is 2.02. The van der Waals surface area contributed by atoms with Gasteiger partial charge in [-0.3, -0.25) is 4.68 Å². The molecule has 0 bridgehead atoms. The largest absolute Gasteiger partial charge is 0.494 e. The summed E-state index contributed by atoms with van der Waals surface area (Å²) in [4.78, 5) is 0. The van der Waals surface area contributed by atoms with E-state index in [2.05, 4.69) is 5.10 Å². The molecule has 0 spiro atoms. The molecule has 0 fully saturated rings. The summed E-state index contributed by atoms with van der Waals surface area (Å²) < 4.78 is 12.7. The van der Waals surface area contributed by atoms with Crippen molar-refractivity contribution < 1.29 is 9.47 Å². The third-order valence-corrected chi connectivity index (χ3v) is 2.73. The van der Waals surface area contributed by atoms with Gasteiger partial charge in [0.1, 0.15) is 17.3 Å². The van der Waals surface area contributed by atoms with Crippen molar-refractivity contribution in [1.29, 1.82) is 0 Å². The lowest BCUT2D eigenvalue weighted by Crippen LogP contribution is -2.02. The van der Waals surface area contributed by atoms with E-state index in [9.17, 15) is 0 Å². The van der Waals surface area contributed by atoms with Gasteiger partial charge in [0.15, 0.2) is 0 Å². The molecule has 2 N–H and O–H groups in total. The topological polar surface area (TPSA) is 62.3 Å². The molecule has 2 rings (SSSR count). The standard InChI is InChI=1S/C14H19N3O2/c1-3-18-12-4-6-13(7-5-12)19-9-8-11-10-14(15)17(2)16-11/h4-7,10H,3,8-9,15H2,1-2H3. The van der Waals surface area contributed by atoms with E-state index in [-0.39, 0.29) is 0 Å². The quantitative estimate of drug-likeness (QED) is 0.864. The predicted molar refractivity (Wildman–Crippen MR) is 74.4 cm³/mol. The molecule has 0 radical (unpaired) electrons. The van der Waals surface area contributed by atoms with Crippen molar-refractivity contribution in [3.8, 4) is 11.5 Å². The van der Waals surface area contributed by atoms with Gasteiger partial charge in [-0.25, -0.2) is 0 Å². The number of nitrogen functional groups attached to an aromatic ring is 1. The van der Waals surface area contributed by atoms with E-state index in [4.69, 9.17) is 15.2 Å². The predicted octanol–water partition coefficient (Wildman–Crippen LogP) is 2.02. The number of benzene rings is 1. The second kappa shape index (κ2) is 6.13. The van der Waals surface area contributed by atoms with Gasteiger partial charge >= 0.3 is 0 Å². The molecule has 0 amide bonds. The van der Waals surface area contributed by atoms with Crippen LogP contribution >= 0.6 is 0 Å². The molecule has 102 valence electrons. The van der Waals surface area contributed by atoms with Crippen molar-refractivity contribution in [3.05, 3.63) is 36.0 Å². The van der Waals surface area contributed by atoms with Crippen LogP contribution in [0, 0.1) is 0 Å². The van der Waals surface area contributed by atoms with Crippen LogP contribution in [0.15, 0.2) is 30.3 Å². The van der Waals surface area contributed by atoms with Gasteiger partial charge in [0.25, 0.3) is 0 Å². The molecule has 0 saturated carbocycles. The van der Waals surface area contributed by atoms with Gasteiger partial charge in [0.05, 0.1) is 18.9 Å². The molecular weight excluding hydrogens is 242 g/mol. The van der Waals surface area contributed by atoms with E-state index in [1.807, 2.05) is 44.3 Å². The molecule has 19 heavy (non-hydrogen) atoms. The molecular formula is C14H19N3O2. The highest BCUT2D eigenvalue weighted by Crippen LogP contribution is 2.17. The number of rotatable bonds is 6. The molecule has 5 heteroatoms. The monoisotopic (exact) mass is 261 g/mol. The summed E-state index contributed by atoms with van der Waals surface area (Å²) in [6.07, 6.45) is 0.734. The summed E-state index contributed by atoms with van der Waals surface area (Å²) in [6.45, 7) is 3.20. The van der Waals surface area contributed by atoms with Crippen LogP contribution in [0.2, 0.25) is 0 Å². The summed E-state index contributed by atoms with van der Waals surface area (Å²) in [7, 11) is 1.83. The van der Waals surface area contributed by atoms with Gasteiger partial charge < -0.3 is 15.2 Å². The Bertz CT molecular complexity index is 500. The zero-order valence-corrected chi connectivity index (χ0v) is 11.3. The zero-order valence-electron chi connectivity index (χ0n) is 11.3. The molecule has 1 aromatic heterocycles. The molecule has 2 aromatic rings. The number of nitrogens with two attached hydrogens (primary N) is 1. The van der Waals surface area contributed by atoms with E-state index < -0.39 is 0 Å². The van der Waals surface area contributed by atoms with Gasteiger partial charge in [-0.1, -0.05) is 0 Å². The zero-order chi connectivity index (χ0) is 13.7. The van der Waals surface area contributed by atoms with Crippen LogP contribution in [0.4, 0.5) is 5.82 Å². The number of nitrogens with zero attached hydrogens (tertiary/aromatic N) is 2. The fourth-order valence-corrected chi connectivity index (χ4v) is 1.74. The fourth-order valence-electron chi connectivity index (χ4n) is 1.74. The number of anilines is 1. The van der Waals surface area contributed by atoms with E-state index >= 15 is 0 Å². The number of hydrogen-bond acceptors (Lipinski definition) is 4. The van der Waals surface area contributed by atoms with Crippen molar-refractivity contribution in [2.24, 2.45) is 7.05 Å². The minimum atomic E-state index is 0.574. The first kappa shape index (κ1) is 13.3. The van der Waals surface area contributed by atoms with E-state index in [0.29, 0.717) is 19.0 Å². The number of aryl methyl sites for hydroxylation is 1. The van der Waals surface area contributed by atoms with Crippen LogP contribution < -0.4 is 15.2 Å². The highest BCUT2D eigenvalue weighted by atomic mass is 16.5.